The SMILES string of the molecule is Br.CN(CBr)S(=O)(=O)O. The predicted molar refractivity (Wildman–Crippen MR) is 43.4 cm³/mol. The molecule has 4 nitrogen and oxygen atoms in total. The van der Waals surface area contributed by atoms with E-state index in [0.29, 0.717) is 0 Å². The van der Waals surface area contributed by atoms with Crippen molar-refractivity contribution in [2.75, 3.05) is 12.5 Å². The molecule has 0 fully saturated rings. The van der Waals surface area contributed by atoms with Gasteiger partial charge >= 0.3 is 10.3 Å². The van der Waals surface area contributed by atoms with E-state index in [1.165, 1.54) is 7.05 Å². The molecule has 0 spiro atoms. The van der Waals surface area contributed by atoms with Gasteiger partial charge in [0.2, 0.25) is 0 Å². The summed E-state index contributed by atoms with van der Waals surface area (Å²) in [7, 11) is -2.71. The smallest absolute Gasteiger partial charge is 0.273 e. The first-order valence-electron chi connectivity index (χ1n) is 1.73. The molecule has 1 N–H and O–H groups in total. The van der Waals surface area contributed by atoms with Crippen LogP contribution in [0.5, 0.6) is 0 Å². The van der Waals surface area contributed by atoms with Crippen LogP contribution in [0.3, 0.4) is 0 Å². The molecule has 0 saturated carbocycles. The van der Waals surface area contributed by atoms with Crippen LogP contribution in [0.15, 0.2) is 0 Å². The fourth-order valence-corrected chi connectivity index (χ4v) is 0.961. The lowest BCUT2D eigenvalue weighted by atomic mass is 11.3. The van der Waals surface area contributed by atoms with Crippen molar-refractivity contribution in [1.29, 1.82) is 0 Å². The van der Waals surface area contributed by atoms with Gasteiger partial charge in [0.15, 0.2) is 0 Å². The van der Waals surface area contributed by atoms with Crippen molar-refractivity contribution in [1.82, 2.24) is 4.31 Å². The maximum atomic E-state index is 10.0. The van der Waals surface area contributed by atoms with E-state index < -0.39 is 10.3 Å². The van der Waals surface area contributed by atoms with Crippen LogP contribution >= 0.6 is 32.9 Å². The Balaban J connectivity index is 0. The number of halogens is 2. The van der Waals surface area contributed by atoms with E-state index in [2.05, 4.69) is 15.9 Å². The average Bonchev–Trinajstić information content (AvgIpc) is 1.62. The van der Waals surface area contributed by atoms with Gasteiger partial charge in [-0.05, 0) is 0 Å². The lowest BCUT2D eigenvalue weighted by molar-refractivity contribution is 0.412. The zero-order valence-electron chi connectivity index (χ0n) is 4.61. The Bertz CT molecular complexity index is 155. The summed E-state index contributed by atoms with van der Waals surface area (Å²) in [4.78, 5) is 0. The second-order valence-corrected chi connectivity index (χ2v) is 3.22. The Morgan fingerprint density at radius 1 is 1.67 bits per heavy atom. The molecule has 58 valence electrons. The fourth-order valence-electron chi connectivity index (χ4n) is 0.0617. The van der Waals surface area contributed by atoms with Gasteiger partial charge in [-0.25, -0.2) is 0 Å². The topological polar surface area (TPSA) is 57.6 Å². The minimum absolute atomic E-state index is 0. The molecule has 0 rings (SSSR count). The summed E-state index contributed by atoms with van der Waals surface area (Å²) < 4.78 is 28.9. The summed E-state index contributed by atoms with van der Waals surface area (Å²) >= 11 is 2.84. The molecule has 0 aliphatic heterocycles. The van der Waals surface area contributed by atoms with Crippen molar-refractivity contribution < 1.29 is 13.0 Å². The third-order valence-electron chi connectivity index (χ3n) is 0.562. The number of hydrogen-bond donors (Lipinski definition) is 1. The molecule has 9 heavy (non-hydrogen) atoms. The Hall–Kier alpha value is 0.830. The van der Waals surface area contributed by atoms with Crippen molar-refractivity contribution >= 4 is 43.2 Å². The fraction of sp³-hybridized carbons (Fsp3) is 1.00. The highest BCUT2D eigenvalue weighted by atomic mass is 79.9. The van der Waals surface area contributed by atoms with Gasteiger partial charge in [0.1, 0.15) is 0 Å². The van der Waals surface area contributed by atoms with Crippen LogP contribution in [0.4, 0.5) is 0 Å². The predicted octanol–water partition coefficient (Wildman–Crippen LogP) is 0.651. The molecule has 0 heterocycles. The molecular weight excluding hydrogens is 278 g/mol. The van der Waals surface area contributed by atoms with Crippen LogP contribution in [0.25, 0.3) is 0 Å². The number of hydrogen-bond acceptors (Lipinski definition) is 2. The lowest BCUT2D eigenvalue weighted by Gasteiger charge is -2.05. The monoisotopic (exact) mass is 283 g/mol. The van der Waals surface area contributed by atoms with Crippen LogP contribution in [0.1, 0.15) is 0 Å². The summed E-state index contributed by atoms with van der Waals surface area (Å²) in [6, 6.07) is 0. The highest BCUT2D eigenvalue weighted by Gasteiger charge is 2.09. The van der Waals surface area contributed by atoms with Gasteiger partial charge in [0, 0.05) is 7.05 Å². The molecular formula is C2H7Br2NO3S. The Morgan fingerprint density at radius 2 is 2.00 bits per heavy atom. The molecule has 0 unspecified atom stereocenters. The molecule has 0 amide bonds. The quantitative estimate of drug-likeness (QED) is 0.460. The Labute approximate surface area is 73.0 Å². The highest BCUT2D eigenvalue weighted by molar-refractivity contribution is 9.09. The number of nitrogens with zero attached hydrogens (tertiary/aromatic N) is 1. The van der Waals surface area contributed by atoms with Crippen LogP contribution in [0, 0.1) is 0 Å². The number of rotatable bonds is 2. The minimum Gasteiger partial charge on any atom is -0.273 e. The molecule has 0 bridgehead atoms. The molecule has 0 aromatic rings. The van der Waals surface area contributed by atoms with E-state index in [1.54, 1.807) is 0 Å². The van der Waals surface area contributed by atoms with Crippen molar-refractivity contribution in [3.63, 3.8) is 0 Å². The molecule has 0 radical (unpaired) electrons. The summed E-state index contributed by atoms with van der Waals surface area (Å²) in [5.41, 5.74) is 0.103. The Morgan fingerprint density at radius 3 is 2.00 bits per heavy atom. The van der Waals surface area contributed by atoms with E-state index in [4.69, 9.17) is 4.55 Å². The van der Waals surface area contributed by atoms with Gasteiger partial charge in [-0.2, -0.15) is 12.7 Å². The largest absolute Gasteiger partial charge is 0.336 e. The maximum Gasteiger partial charge on any atom is 0.336 e. The van der Waals surface area contributed by atoms with Gasteiger partial charge < -0.3 is 0 Å². The van der Waals surface area contributed by atoms with Gasteiger partial charge in [-0.15, -0.1) is 17.0 Å². The highest BCUT2D eigenvalue weighted by Crippen LogP contribution is 1.94. The maximum absolute atomic E-state index is 10.0. The summed E-state index contributed by atoms with van der Waals surface area (Å²) in [6.07, 6.45) is 0. The summed E-state index contributed by atoms with van der Waals surface area (Å²) in [5.74, 6) is 0. The van der Waals surface area contributed by atoms with Crippen molar-refractivity contribution in [2.24, 2.45) is 0 Å². The second-order valence-electron chi connectivity index (χ2n) is 1.20. The van der Waals surface area contributed by atoms with E-state index in [1.807, 2.05) is 0 Å². The molecule has 0 atom stereocenters. The van der Waals surface area contributed by atoms with E-state index in [9.17, 15) is 8.42 Å². The van der Waals surface area contributed by atoms with E-state index in [-0.39, 0.29) is 22.4 Å². The summed E-state index contributed by atoms with van der Waals surface area (Å²) in [5, 5.41) is 0. The van der Waals surface area contributed by atoms with Crippen LogP contribution in [-0.2, 0) is 10.3 Å². The first-order valence-corrected chi connectivity index (χ1v) is 4.25. The molecule has 0 aromatic carbocycles. The normalized spacial score (nSPS) is 11.1. The van der Waals surface area contributed by atoms with Gasteiger partial charge in [-0.3, -0.25) is 4.55 Å². The Kier molecular flexibility index (Phi) is 6.41. The zero-order chi connectivity index (χ0) is 6.78. The van der Waals surface area contributed by atoms with Crippen LogP contribution in [-0.4, -0.2) is 29.8 Å². The van der Waals surface area contributed by atoms with Gasteiger partial charge in [0.05, 0.1) is 5.45 Å². The minimum atomic E-state index is -3.97. The van der Waals surface area contributed by atoms with Crippen LogP contribution < -0.4 is 0 Å². The van der Waals surface area contributed by atoms with Gasteiger partial charge in [-0.1, -0.05) is 15.9 Å². The van der Waals surface area contributed by atoms with Gasteiger partial charge in [0.25, 0.3) is 0 Å². The summed E-state index contributed by atoms with van der Waals surface area (Å²) in [6.45, 7) is 0. The number of alkyl halides is 1. The lowest BCUT2D eigenvalue weighted by Crippen LogP contribution is -2.23. The second kappa shape index (κ2) is 4.62. The standard InChI is InChI=1S/C2H6BrNO3S.BrH/c1-4(2-3)8(5,6)7;/h2H2,1H3,(H,5,6,7);1H. The first kappa shape index (κ1) is 12.5. The van der Waals surface area contributed by atoms with Crippen molar-refractivity contribution in [2.45, 2.75) is 0 Å². The molecule has 0 saturated heterocycles. The third kappa shape index (κ3) is 5.28. The zero-order valence-corrected chi connectivity index (χ0v) is 8.73. The third-order valence-corrected chi connectivity index (χ3v) is 2.56. The van der Waals surface area contributed by atoms with Crippen LogP contribution in [0.2, 0.25) is 0 Å². The van der Waals surface area contributed by atoms with Crippen molar-refractivity contribution in [3.05, 3.63) is 0 Å². The first-order chi connectivity index (χ1) is 3.48. The van der Waals surface area contributed by atoms with E-state index in [0.717, 1.165) is 4.31 Å². The molecule has 0 aromatic heterocycles. The molecule has 7 heteroatoms. The molecule has 0 aliphatic carbocycles. The van der Waals surface area contributed by atoms with Crippen molar-refractivity contribution in [3.8, 4) is 0 Å². The average molecular weight is 285 g/mol. The molecule has 0 aliphatic rings. The van der Waals surface area contributed by atoms with E-state index >= 15 is 0 Å².